The average Bonchev–Trinajstić information content (AvgIpc) is 2.46. The molecule has 1 saturated heterocycles. The average molecular weight is 315 g/mol. The lowest BCUT2D eigenvalue weighted by Crippen LogP contribution is -2.52. The van der Waals surface area contributed by atoms with E-state index in [2.05, 4.69) is 12.2 Å². The molecule has 1 amide bonds. The molecule has 1 N–H and O–H groups in total. The third-order valence-corrected chi connectivity index (χ3v) is 3.72. The van der Waals surface area contributed by atoms with Crippen LogP contribution in [0.5, 0.6) is 11.5 Å². The zero-order chi connectivity index (χ0) is 14.7. The number of carbonyl (C=O) groups excluding carboxylic acids is 1. The first kappa shape index (κ1) is 17.6. The molecule has 0 bridgehead atoms. The predicted molar refractivity (Wildman–Crippen MR) is 84.9 cm³/mol. The van der Waals surface area contributed by atoms with Crippen molar-refractivity contribution in [2.24, 2.45) is 0 Å². The number of hydrogen-bond donors (Lipinski definition) is 1. The SMILES string of the molecule is COc1cc(C)c(C(=O)N2CCNC[C@@H]2C)cc1OC.Cl. The van der Waals surface area contributed by atoms with Gasteiger partial charge in [-0.25, -0.2) is 0 Å². The topological polar surface area (TPSA) is 50.8 Å². The number of amides is 1. The first-order chi connectivity index (χ1) is 9.58. The molecular formula is C15H23ClN2O3. The van der Waals surface area contributed by atoms with Crippen LogP contribution in [0.1, 0.15) is 22.8 Å². The lowest BCUT2D eigenvalue weighted by molar-refractivity contribution is 0.0654. The number of piperazine rings is 1. The summed E-state index contributed by atoms with van der Waals surface area (Å²) >= 11 is 0. The zero-order valence-electron chi connectivity index (χ0n) is 12.9. The van der Waals surface area contributed by atoms with Crippen LogP contribution < -0.4 is 14.8 Å². The van der Waals surface area contributed by atoms with E-state index in [1.807, 2.05) is 17.9 Å². The van der Waals surface area contributed by atoms with Gasteiger partial charge in [0.1, 0.15) is 0 Å². The Bertz CT molecular complexity index is 508. The van der Waals surface area contributed by atoms with Gasteiger partial charge in [0.05, 0.1) is 14.2 Å². The summed E-state index contributed by atoms with van der Waals surface area (Å²) in [6, 6.07) is 3.81. The number of ether oxygens (including phenoxy) is 2. The molecule has 0 unspecified atom stereocenters. The molecule has 21 heavy (non-hydrogen) atoms. The number of nitrogens with zero attached hydrogens (tertiary/aromatic N) is 1. The molecule has 118 valence electrons. The molecule has 0 aliphatic carbocycles. The van der Waals surface area contributed by atoms with Gasteiger partial charge in [0.2, 0.25) is 0 Å². The normalized spacial score (nSPS) is 17.9. The molecule has 2 rings (SSSR count). The Balaban J connectivity index is 0.00000220. The van der Waals surface area contributed by atoms with Gasteiger partial charge in [0.25, 0.3) is 5.91 Å². The van der Waals surface area contributed by atoms with E-state index in [4.69, 9.17) is 9.47 Å². The Morgan fingerprint density at radius 2 is 1.90 bits per heavy atom. The molecule has 0 saturated carbocycles. The second-order valence-electron chi connectivity index (χ2n) is 5.07. The second kappa shape index (κ2) is 7.52. The van der Waals surface area contributed by atoms with E-state index < -0.39 is 0 Å². The third kappa shape index (κ3) is 3.60. The Kier molecular flexibility index (Phi) is 6.30. The predicted octanol–water partition coefficient (Wildman–Crippen LogP) is 1.87. The highest BCUT2D eigenvalue weighted by molar-refractivity contribution is 5.96. The van der Waals surface area contributed by atoms with Crippen LogP contribution in [0.3, 0.4) is 0 Å². The monoisotopic (exact) mass is 314 g/mol. The summed E-state index contributed by atoms with van der Waals surface area (Å²) in [7, 11) is 3.17. The van der Waals surface area contributed by atoms with Crippen LogP contribution in [0.25, 0.3) is 0 Å². The summed E-state index contributed by atoms with van der Waals surface area (Å²) < 4.78 is 10.5. The molecular weight excluding hydrogens is 292 g/mol. The standard InChI is InChI=1S/C15H22N2O3.ClH/c1-10-7-13(19-3)14(20-4)8-12(10)15(18)17-6-5-16-9-11(17)2;/h7-8,11,16H,5-6,9H2,1-4H3;1H/t11-;/m0./s1. The maximum atomic E-state index is 12.7. The molecule has 0 spiro atoms. The molecule has 1 aliphatic rings. The largest absolute Gasteiger partial charge is 0.493 e. The minimum Gasteiger partial charge on any atom is -0.493 e. The van der Waals surface area contributed by atoms with Crippen molar-refractivity contribution < 1.29 is 14.3 Å². The zero-order valence-corrected chi connectivity index (χ0v) is 13.8. The molecule has 1 aliphatic heterocycles. The van der Waals surface area contributed by atoms with E-state index >= 15 is 0 Å². The number of halogens is 1. The Morgan fingerprint density at radius 1 is 1.29 bits per heavy atom. The summed E-state index contributed by atoms with van der Waals surface area (Å²) in [6.45, 7) is 6.37. The number of nitrogens with one attached hydrogen (secondary N) is 1. The van der Waals surface area contributed by atoms with E-state index in [-0.39, 0.29) is 24.4 Å². The Hall–Kier alpha value is -1.46. The molecule has 1 heterocycles. The van der Waals surface area contributed by atoms with E-state index in [9.17, 15) is 4.79 Å². The van der Waals surface area contributed by atoms with Gasteiger partial charge in [-0.3, -0.25) is 4.79 Å². The van der Waals surface area contributed by atoms with Gasteiger partial charge in [0, 0.05) is 31.2 Å². The number of hydrogen-bond acceptors (Lipinski definition) is 4. The lowest BCUT2D eigenvalue weighted by atomic mass is 10.0. The quantitative estimate of drug-likeness (QED) is 0.925. The van der Waals surface area contributed by atoms with Gasteiger partial charge in [-0.1, -0.05) is 0 Å². The summed E-state index contributed by atoms with van der Waals surface area (Å²) in [4.78, 5) is 14.6. The van der Waals surface area contributed by atoms with Gasteiger partial charge in [-0.2, -0.15) is 0 Å². The molecule has 1 fully saturated rings. The maximum absolute atomic E-state index is 12.7. The molecule has 6 heteroatoms. The van der Waals surface area contributed by atoms with E-state index in [1.54, 1.807) is 20.3 Å². The van der Waals surface area contributed by atoms with E-state index in [1.165, 1.54) is 0 Å². The molecule has 5 nitrogen and oxygen atoms in total. The Morgan fingerprint density at radius 3 is 2.48 bits per heavy atom. The van der Waals surface area contributed by atoms with Gasteiger partial charge >= 0.3 is 0 Å². The third-order valence-electron chi connectivity index (χ3n) is 3.72. The van der Waals surface area contributed by atoms with Crippen molar-refractivity contribution in [2.75, 3.05) is 33.9 Å². The number of rotatable bonds is 3. The van der Waals surface area contributed by atoms with Crippen LogP contribution in [-0.2, 0) is 0 Å². The minimum atomic E-state index is 0. The van der Waals surface area contributed by atoms with Gasteiger partial charge in [-0.15, -0.1) is 12.4 Å². The van der Waals surface area contributed by atoms with Crippen LogP contribution in [0.15, 0.2) is 12.1 Å². The number of carbonyl (C=O) groups is 1. The fraction of sp³-hybridized carbons (Fsp3) is 0.533. The highest BCUT2D eigenvalue weighted by Gasteiger charge is 2.26. The fourth-order valence-electron chi connectivity index (χ4n) is 2.51. The van der Waals surface area contributed by atoms with Crippen molar-refractivity contribution in [3.05, 3.63) is 23.3 Å². The minimum absolute atomic E-state index is 0. The van der Waals surface area contributed by atoms with E-state index in [0.717, 1.165) is 25.2 Å². The lowest BCUT2D eigenvalue weighted by Gasteiger charge is -2.34. The van der Waals surface area contributed by atoms with Crippen molar-refractivity contribution in [1.82, 2.24) is 10.2 Å². The van der Waals surface area contributed by atoms with Gasteiger partial charge in [0.15, 0.2) is 11.5 Å². The van der Waals surface area contributed by atoms with E-state index in [0.29, 0.717) is 17.1 Å². The maximum Gasteiger partial charge on any atom is 0.254 e. The molecule has 0 radical (unpaired) electrons. The Labute approximate surface area is 132 Å². The summed E-state index contributed by atoms with van der Waals surface area (Å²) in [6.07, 6.45) is 0. The smallest absolute Gasteiger partial charge is 0.254 e. The van der Waals surface area contributed by atoms with Crippen molar-refractivity contribution in [2.45, 2.75) is 19.9 Å². The molecule has 1 aromatic carbocycles. The van der Waals surface area contributed by atoms with Crippen LogP contribution in [0.4, 0.5) is 0 Å². The number of aryl methyl sites for hydroxylation is 1. The van der Waals surface area contributed by atoms with Gasteiger partial charge < -0.3 is 19.7 Å². The van der Waals surface area contributed by atoms with Crippen molar-refractivity contribution >= 4 is 18.3 Å². The summed E-state index contributed by atoms with van der Waals surface area (Å²) in [5.74, 6) is 1.29. The van der Waals surface area contributed by atoms with Crippen LogP contribution in [0, 0.1) is 6.92 Å². The fourth-order valence-corrected chi connectivity index (χ4v) is 2.51. The van der Waals surface area contributed by atoms with Crippen molar-refractivity contribution in [3.63, 3.8) is 0 Å². The second-order valence-corrected chi connectivity index (χ2v) is 5.07. The number of benzene rings is 1. The first-order valence-electron chi connectivity index (χ1n) is 6.82. The highest BCUT2D eigenvalue weighted by Crippen LogP contribution is 2.31. The van der Waals surface area contributed by atoms with Crippen LogP contribution >= 0.6 is 12.4 Å². The van der Waals surface area contributed by atoms with Crippen molar-refractivity contribution in [1.29, 1.82) is 0 Å². The first-order valence-corrected chi connectivity index (χ1v) is 6.82. The van der Waals surface area contributed by atoms with Crippen LogP contribution in [0.2, 0.25) is 0 Å². The molecule has 1 aromatic rings. The van der Waals surface area contributed by atoms with Crippen molar-refractivity contribution in [3.8, 4) is 11.5 Å². The van der Waals surface area contributed by atoms with Crippen LogP contribution in [-0.4, -0.2) is 50.7 Å². The molecule has 0 aromatic heterocycles. The summed E-state index contributed by atoms with van der Waals surface area (Å²) in [5.41, 5.74) is 1.58. The highest BCUT2D eigenvalue weighted by atomic mass is 35.5. The number of methoxy groups -OCH3 is 2. The molecule has 1 atom stereocenters. The van der Waals surface area contributed by atoms with Gasteiger partial charge in [-0.05, 0) is 31.5 Å². The summed E-state index contributed by atoms with van der Waals surface area (Å²) in [5, 5.41) is 3.29.